The lowest BCUT2D eigenvalue weighted by Crippen LogP contribution is -2.15. The second kappa shape index (κ2) is 7.88. The van der Waals surface area contributed by atoms with Crippen LogP contribution in [-0.4, -0.2) is 19.8 Å². The fraction of sp³-hybridized carbons (Fsp3) is 0.304. The van der Waals surface area contributed by atoms with E-state index in [0.717, 1.165) is 24.0 Å². The van der Waals surface area contributed by atoms with E-state index in [0.29, 0.717) is 52.8 Å². The molecule has 0 saturated carbocycles. The van der Waals surface area contributed by atoms with Crippen molar-refractivity contribution >= 4 is 11.0 Å². The molecule has 2 aromatic carbocycles. The fourth-order valence-corrected chi connectivity index (χ4v) is 3.62. The maximum atomic E-state index is 13.4. The van der Waals surface area contributed by atoms with Crippen molar-refractivity contribution in [2.45, 2.75) is 26.7 Å². The van der Waals surface area contributed by atoms with Crippen LogP contribution in [0.2, 0.25) is 0 Å². The first-order chi connectivity index (χ1) is 14.1. The predicted molar refractivity (Wildman–Crippen MR) is 109 cm³/mol. The topological polar surface area (TPSA) is 81.7 Å². The zero-order chi connectivity index (χ0) is 20.4. The number of nitrogens with zero attached hydrogens (tertiary/aromatic N) is 1. The summed E-state index contributed by atoms with van der Waals surface area (Å²) in [4.78, 5) is 13.4. The van der Waals surface area contributed by atoms with Crippen LogP contribution in [0.4, 0.5) is 0 Å². The minimum atomic E-state index is -0.107. The molecule has 29 heavy (non-hydrogen) atoms. The van der Waals surface area contributed by atoms with E-state index in [1.165, 1.54) is 0 Å². The minimum Gasteiger partial charge on any atom is -0.486 e. The Kier molecular flexibility index (Phi) is 5.13. The highest BCUT2D eigenvalue weighted by molar-refractivity contribution is 5.85. The van der Waals surface area contributed by atoms with E-state index in [2.05, 4.69) is 6.92 Å². The van der Waals surface area contributed by atoms with Crippen molar-refractivity contribution in [3.05, 3.63) is 51.9 Å². The number of ether oxygens (including phenoxy) is 3. The van der Waals surface area contributed by atoms with Gasteiger partial charge in [-0.3, -0.25) is 4.79 Å². The second-order valence-corrected chi connectivity index (χ2v) is 6.87. The van der Waals surface area contributed by atoms with E-state index >= 15 is 0 Å². The van der Waals surface area contributed by atoms with E-state index in [4.69, 9.17) is 23.9 Å². The van der Waals surface area contributed by atoms with E-state index in [-0.39, 0.29) is 12.0 Å². The second-order valence-electron chi connectivity index (χ2n) is 6.87. The normalized spacial score (nSPS) is 12.6. The van der Waals surface area contributed by atoms with Crippen LogP contribution in [0.1, 0.15) is 24.7 Å². The van der Waals surface area contributed by atoms with Gasteiger partial charge in [0.2, 0.25) is 5.43 Å². The third-order valence-corrected chi connectivity index (χ3v) is 4.89. The molecule has 0 bridgehead atoms. The van der Waals surface area contributed by atoms with Gasteiger partial charge >= 0.3 is 0 Å². The molecule has 1 aliphatic heterocycles. The molecule has 0 amide bonds. The van der Waals surface area contributed by atoms with Crippen molar-refractivity contribution < 1.29 is 18.6 Å². The summed E-state index contributed by atoms with van der Waals surface area (Å²) >= 11 is 0. The first-order valence-electron chi connectivity index (χ1n) is 9.62. The highest BCUT2D eigenvalue weighted by atomic mass is 16.6. The summed E-state index contributed by atoms with van der Waals surface area (Å²) in [6, 6.07) is 11.0. The van der Waals surface area contributed by atoms with Gasteiger partial charge in [0, 0.05) is 6.07 Å². The van der Waals surface area contributed by atoms with Crippen LogP contribution in [0.5, 0.6) is 17.2 Å². The zero-order valence-electron chi connectivity index (χ0n) is 16.4. The lowest BCUT2D eigenvalue weighted by atomic mass is 9.99. The monoisotopic (exact) mass is 391 g/mol. The summed E-state index contributed by atoms with van der Waals surface area (Å²) in [5, 5.41) is 9.32. The summed E-state index contributed by atoms with van der Waals surface area (Å²) in [6.07, 6.45) is 1.63. The lowest BCUT2D eigenvalue weighted by molar-refractivity contribution is 0.171. The molecule has 0 fully saturated rings. The van der Waals surface area contributed by atoms with Gasteiger partial charge in [0.15, 0.2) is 18.1 Å². The summed E-state index contributed by atoms with van der Waals surface area (Å²) < 4.78 is 22.8. The van der Waals surface area contributed by atoms with Gasteiger partial charge in [-0.15, -0.1) is 0 Å². The van der Waals surface area contributed by atoms with E-state index in [9.17, 15) is 4.79 Å². The molecular weight excluding hydrogens is 370 g/mol. The first kappa shape index (κ1) is 18.9. The molecule has 1 aromatic heterocycles. The highest BCUT2D eigenvalue weighted by Crippen LogP contribution is 2.36. The number of benzene rings is 2. The third-order valence-electron chi connectivity index (χ3n) is 4.89. The lowest BCUT2D eigenvalue weighted by Gasteiger charge is -2.19. The predicted octanol–water partition coefficient (Wildman–Crippen LogP) is 4.39. The average molecular weight is 391 g/mol. The summed E-state index contributed by atoms with van der Waals surface area (Å²) in [5.41, 5.74) is 2.46. The maximum absolute atomic E-state index is 13.4. The summed E-state index contributed by atoms with van der Waals surface area (Å²) in [5.74, 6) is 2.39. The van der Waals surface area contributed by atoms with Crippen LogP contribution in [0.3, 0.4) is 0 Å². The molecule has 0 N–H and O–H groups in total. The van der Waals surface area contributed by atoms with Gasteiger partial charge in [-0.2, -0.15) is 5.26 Å². The number of hydrogen-bond donors (Lipinski definition) is 0. The molecule has 0 atom stereocenters. The van der Waals surface area contributed by atoms with E-state index in [1.54, 1.807) is 13.0 Å². The molecule has 2 heterocycles. The molecule has 4 rings (SSSR count). The Morgan fingerprint density at radius 2 is 1.93 bits per heavy atom. The van der Waals surface area contributed by atoms with Crippen molar-refractivity contribution in [2.75, 3.05) is 19.8 Å². The first-order valence-corrected chi connectivity index (χ1v) is 9.62. The van der Waals surface area contributed by atoms with Gasteiger partial charge < -0.3 is 18.6 Å². The number of nitriles is 1. The van der Waals surface area contributed by atoms with E-state index < -0.39 is 0 Å². The van der Waals surface area contributed by atoms with E-state index in [1.807, 2.05) is 30.3 Å². The van der Waals surface area contributed by atoms with Crippen LogP contribution in [0, 0.1) is 18.3 Å². The Hall–Kier alpha value is -3.46. The molecule has 6 nitrogen and oxygen atoms in total. The zero-order valence-corrected chi connectivity index (χ0v) is 16.4. The van der Waals surface area contributed by atoms with Crippen molar-refractivity contribution in [1.29, 1.82) is 5.26 Å². The molecule has 0 spiro atoms. The largest absolute Gasteiger partial charge is 0.486 e. The fourth-order valence-electron chi connectivity index (χ4n) is 3.62. The molecular formula is C23H21NO5. The maximum Gasteiger partial charge on any atom is 0.200 e. The van der Waals surface area contributed by atoms with Gasteiger partial charge in [0.1, 0.15) is 36.4 Å². The van der Waals surface area contributed by atoms with Crippen molar-refractivity contribution in [3.63, 3.8) is 0 Å². The highest BCUT2D eigenvalue weighted by Gasteiger charge is 2.19. The average Bonchev–Trinajstić information content (AvgIpc) is 2.73. The molecule has 0 unspecified atom stereocenters. The van der Waals surface area contributed by atoms with Crippen LogP contribution in [0.25, 0.3) is 22.1 Å². The van der Waals surface area contributed by atoms with Crippen LogP contribution in [0.15, 0.2) is 39.5 Å². The van der Waals surface area contributed by atoms with Gasteiger partial charge in [0.25, 0.3) is 0 Å². The van der Waals surface area contributed by atoms with Gasteiger partial charge in [-0.1, -0.05) is 19.4 Å². The van der Waals surface area contributed by atoms with Gasteiger partial charge in [-0.25, -0.2) is 0 Å². The quantitative estimate of drug-likeness (QED) is 0.641. The Morgan fingerprint density at radius 3 is 2.69 bits per heavy atom. The molecule has 1 aliphatic rings. The SMILES string of the molecule is CCCc1cc2c(=O)c(-c3ccc4c(c3)OCCO4)c(C)oc2cc1OCC#N. The number of rotatable bonds is 5. The summed E-state index contributed by atoms with van der Waals surface area (Å²) in [6.45, 7) is 4.76. The minimum absolute atomic E-state index is 0.0548. The van der Waals surface area contributed by atoms with Crippen LogP contribution >= 0.6 is 0 Å². The number of hydrogen-bond acceptors (Lipinski definition) is 6. The van der Waals surface area contributed by atoms with Crippen molar-refractivity contribution in [1.82, 2.24) is 0 Å². The van der Waals surface area contributed by atoms with Crippen LogP contribution in [-0.2, 0) is 6.42 Å². The number of aryl methyl sites for hydroxylation is 2. The number of fused-ring (bicyclic) bond motifs is 2. The molecule has 3 aromatic rings. The Morgan fingerprint density at radius 1 is 1.14 bits per heavy atom. The van der Waals surface area contributed by atoms with Crippen molar-refractivity contribution in [3.8, 4) is 34.4 Å². The smallest absolute Gasteiger partial charge is 0.200 e. The van der Waals surface area contributed by atoms with Crippen molar-refractivity contribution in [2.24, 2.45) is 0 Å². The Labute approximate surface area is 168 Å². The molecule has 6 heteroatoms. The molecule has 0 saturated heterocycles. The van der Waals surface area contributed by atoms with Gasteiger partial charge in [-0.05, 0) is 42.7 Å². The third kappa shape index (κ3) is 3.52. The Balaban J connectivity index is 1.88. The standard InChI is InChI=1S/C23H21NO5/c1-3-4-15-11-17-20(13-19(15)26-8-7-24)29-14(2)22(23(17)25)16-5-6-18-21(12-16)28-10-9-27-18/h5-6,11-13H,3-4,8-10H2,1-2H3. The summed E-state index contributed by atoms with van der Waals surface area (Å²) in [7, 11) is 0. The molecule has 0 radical (unpaired) electrons. The molecule has 0 aliphatic carbocycles. The Bertz CT molecular complexity index is 1170. The van der Waals surface area contributed by atoms with Gasteiger partial charge in [0.05, 0.1) is 10.9 Å². The molecule has 148 valence electrons. The van der Waals surface area contributed by atoms with Crippen LogP contribution < -0.4 is 19.6 Å².